The topological polar surface area (TPSA) is 35.2 Å². The molecule has 0 aliphatic carbocycles. The van der Waals surface area contributed by atoms with Gasteiger partial charge in [0.05, 0.1) is 7.11 Å². The van der Waals surface area contributed by atoms with E-state index >= 15 is 0 Å². The number of rotatable bonds is 4. The zero-order chi connectivity index (χ0) is 13.9. The van der Waals surface area contributed by atoms with Crippen LogP contribution in [0.5, 0.6) is 5.75 Å². The fourth-order valence-corrected chi connectivity index (χ4v) is 2.33. The molecule has 0 aromatic heterocycles. The summed E-state index contributed by atoms with van der Waals surface area (Å²) in [7, 11) is 1.75. The molecule has 1 aromatic rings. The third-order valence-electron chi connectivity index (χ3n) is 3.48. The van der Waals surface area contributed by atoms with Gasteiger partial charge in [-0.15, -0.1) is 0 Å². The summed E-state index contributed by atoms with van der Waals surface area (Å²) in [6.45, 7) is 11.8. The minimum absolute atomic E-state index is 0.0918. The number of nitrogens with two attached hydrogens (primary N) is 1. The lowest BCUT2D eigenvalue weighted by atomic mass is 9.82. The van der Waals surface area contributed by atoms with Crippen molar-refractivity contribution in [2.45, 2.75) is 52.4 Å². The van der Waals surface area contributed by atoms with E-state index in [1.165, 1.54) is 16.7 Å². The Morgan fingerprint density at radius 2 is 1.89 bits per heavy atom. The second-order valence-electron chi connectivity index (χ2n) is 6.15. The molecule has 2 nitrogen and oxygen atoms in total. The molecule has 0 fully saturated rings. The Kier molecular flexibility index (Phi) is 4.80. The summed E-state index contributed by atoms with van der Waals surface area (Å²) >= 11 is 0. The first-order valence-electron chi connectivity index (χ1n) is 6.70. The van der Waals surface area contributed by atoms with Gasteiger partial charge in [0, 0.05) is 5.56 Å². The number of benzene rings is 1. The van der Waals surface area contributed by atoms with E-state index < -0.39 is 0 Å². The molecule has 2 N–H and O–H groups in total. The molecule has 0 amide bonds. The number of aryl methyl sites for hydroxylation is 1. The third kappa shape index (κ3) is 3.26. The van der Waals surface area contributed by atoms with E-state index in [0.29, 0.717) is 5.92 Å². The quantitative estimate of drug-likeness (QED) is 0.882. The van der Waals surface area contributed by atoms with Crippen LogP contribution in [0.1, 0.15) is 56.7 Å². The van der Waals surface area contributed by atoms with Crippen molar-refractivity contribution >= 4 is 0 Å². The molecular weight excluding hydrogens is 222 g/mol. The molecule has 1 unspecified atom stereocenters. The van der Waals surface area contributed by atoms with Crippen LogP contribution in [0.2, 0.25) is 0 Å². The largest absolute Gasteiger partial charge is 0.496 e. The molecule has 18 heavy (non-hydrogen) atoms. The first kappa shape index (κ1) is 15.0. The molecule has 0 saturated carbocycles. The minimum Gasteiger partial charge on any atom is -0.496 e. The molecular formula is C16H27NO. The number of hydrogen-bond acceptors (Lipinski definition) is 2. The molecule has 1 aromatic carbocycles. The van der Waals surface area contributed by atoms with Gasteiger partial charge >= 0.3 is 0 Å². The lowest BCUT2D eigenvalue weighted by Gasteiger charge is -2.25. The Balaban J connectivity index is 3.30. The molecule has 0 aliphatic rings. The molecule has 0 saturated heterocycles. The first-order valence-corrected chi connectivity index (χ1v) is 6.70. The highest BCUT2D eigenvalue weighted by molar-refractivity contribution is 5.48. The van der Waals surface area contributed by atoms with Gasteiger partial charge in [-0.1, -0.05) is 39.8 Å². The van der Waals surface area contributed by atoms with Gasteiger partial charge in [0.2, 0.25) is 0 Å². The van der Waals surface area contributed by atoms with E-state index in [0.717, 1.165) is 18.7 Å². The second-order valence-corrected chi connectivity index (χ2v) is 6.15. The maximum Gasteiger partial charge on any atom is 0.125 e. The smallest absolute Gasteiger partial charge is 0.125 e. The number of methoxy groups -OCH3 is 1. The van der Waals surface area contributed by atoms with Crippen LogP contribution < -0.4 is 10.5 Å². The van der Waals surface area contributed by atoms with Gasteiger partial charge in [0.25, 0.3) is 0 Å². The summed E-state index contributed by atoms with van der Waals surface area (Å²) in [5, 5.41) is 0. The summed E-state index contributed by atoms with van der Waals surface area (Å²) in [5.41, 5.74) is 9.61. The summed E-state index contributed by atoms with van der Waals surface area (Å²) in [6.07, 6.45) is 1.02. The molecule has 2 heteroatoms. The summed E-state index contributed by atoms with van der Waals surface area (Å²) in [5.74, 6) is 1.52. The van der Waals surface area contributed by atoms with Crippen molar-refractivity contribution in [2.24, 2.45) is 5.73 Å². The Labute approximate surface area is 112 Å². The monoisotopic (exact) mass is 249 g/mol. The average molecular weight is 249 g/mol. The Bertz CT molecular complexity index is 404. The molecule has 102 valence electrons. The van der Waals surface area contributed by atoms with Gasteiger partial charge in [-0.05, 0) is 42.3 Å². The van der Waals surface area contributed by atoms with Gasteiger partial charge in [0.15, 0.2) is 0 Å². The van der Waals surface area contributed by atoms with E-state index in [-0.39, 0.29) is 5.41 Å². The number of ether oxygens (including phenoxy) is 1. The lowest BCUT2D eigenvalue weighted by molar-refractivity contribution is 0.394. The van der Waals surface area contributed by atoms with E-state index in [4.69, 9.17) is 10.5 Å². The molecule has 0 heterocycles. The Hall–Kier alpha value is -1.02. The van der Waals surface area contributed by atoms with Crippen molar-refractivity contribution in [3.8, 4) is 5.75 Å². The maximum atomic E-state index is 5.66. The van der Waals surface area contributed by atoms with Crippen LogP contribution in [0, 0.1) is 6.92 Å². The highest BCUT2D eigenvalue weighted by atomic mass is 16.5. The Morgan fingerprint density at radius 3 is 2.33 bits per heavy atom. The third-order valence-corrected chi connectivity index (χ3v) is 3.48. The van der Waals surface area contributed by atoms with Gasteiger partial charge in [-0.25, -0.2) is 0 Å². The zero-order valence-electron chi connectivity index (χ0n) is 12.6. The summed E-state index contributed by atoms with van der Waals surface area (Å²) < 4.78 is 5.57. The standard InChI is InChI=1S/C16H27NO/c1-11(7-8-17)13-9-12(2)15(18-6)14(10-13)16(3,4)5/h9-11H,7-8,17H2,1-6H3. The van der Waals surface area contributed by atoms with Crippen molar-refractivity contribution < 1.29 is 4.74 Å². The van der Waals surface area contributed by atoms with Crippen LogP contribution >= 0.6 is 0 Å². The first-order chi connectivity index (χ1) is 8.31. The van der Waals surface area contributed by atoms with E-state index in [9.17, 15) is 0 Å². The fraction of sp³-hybridized carbons (Fsp3) is 0.625. The fourth-order valence-electron chi connectivity index (χ4n) is 2.33. The second kappa shape index (κ2) is 5.75. The van der Waals surface area contributed by atoms with E-state index in [1.807, 2.05) is 0 Å². The average Bonchev–Trinajstić information content (AvgIpc) is 2.27. The van der Waals surface area contributed by atoms with Crippen LogP contribution in [0.25, 0.3) is 0 Å². The molecule has 1 atom stereocenters. The van der Waals surface area contributed by atoms with Crippen molar-refractivity contribution in [3.05, 3.63) is 28.8 Å². The summed E-state index contributed by atoms with van der Waals surface area (Å²) in [6, 6.07) is 4.51. The van der Waals surface area contributed by atoms with E-state index in [2.05, 4.69) is 46.8 Å². The zero-order valence-corrected chi connectivity index (χ0v) is 12.6. The minimum atomic E-state index is 0.0918. The molecule has 0 aliphatic heterocycles. The predicted octanol–water partition coefficient (Wildman–Crippen LogP) is 3.75. The normalized spacial score (nSPS) is 13.5. The van der Waals surface area contributed by atoms with Crippen LogP contribution in [0.15, 0.2) is 12.1 Å². The summed E-state index contributed by atoms with van der Waals surface area (Å²) in [4.78, 5) is 0. The van der Waals surface area contributed by atoms with Gasteiger partial charge in [-0.3, -0.25) is 0 Å². The molecule has 1 rings (SSSR count). The Morgan fingerprint density at radius 1 is 1.28 bits per heavy atom. The van der Waals surface area contributed by atoms with Crippen LogP contribution in [0.4, 0.5) is 0 Å². The SMILES string of the molecule is COc1c(C)cc(C(C)CCN)cc1C(C)(C)C. The van der Waals surface area contributed by atoms with Crippen molar-refractivity contribution in [1.29, 1.82) is 0 Å². The van der Waals surface area contributed by atoms with Gasteiger partial charge < -0.3 is 10.5 Å². The van der Waals surface area contributed by atoms with E-state index in [1.54, 1.807) is 7.11 Å². The predicted molar refractivity (Wildman–Crippen MR) is 78.5 cm³/mol. The number of hydrogen-bond donors (Lipinski definition) is 1. The molecule has 0 bridgehead atoms. The van der Waals surface area contributed by atoms with Gasteiger partial charge in [-0.2, -0.15) is 0 Å². The van der Waals surface area contributed by atoms with Crippen LogP contribution in [0.3, 0.4) is 0 Å². The van der Waals surface area contributed by atoms with Gasteiger partial charge in [0.1, 0.15) is 5.75 Å². The molecule has 0 radical (unpaired) electrons. The maximum absolute atomic E-state index is 5.66. The van der Waals surface area contributed by atoms with Crippen LogP contribution in [-0.4, -0.2) is 13.7 Å². The highest BCUT2D eigenvalue weighted by Crippen LogP contribution is 2.36. The lowest BCUT2D eigenvalue weighted by Crippen LogP contribution is -2.15. The van der Waals surface area contributed by atoms with Crippen molar-refractivity contribution in [1.82, 2.24) is 0 Å². The molecule has 0 spiro atoms. The van der Waals surface area contributed by atoms with Crippen molar-refractivity contribution in [2.75, 3.05) is 13.7 Å². The van der Waals surface area contributed by atoms with Crippen molar-refractivity contribution in [3.63, 3.8) is 0 Å². The van der Waals surface area contributed by atoms with Crippen LogP contribution in [-0.2, 0) is 5.41 Å². The highest BCUT2D eigenvalue weighted by Gasteiger charge is 2.22.